The summed E-state index contributed by atoms with van der Waals surface area (Å²) in [5, 5.41) is 7.56. The van der Waals surface area contributed by atoms with Gasteiger partial charge in [-0.3, -0.25) is 9.48 Å². The molecule has 0 radical (unpaired) electrons. The van der Waals surface area contributed by atoms with Gasteiger partial charge in [-0.2, -0.15) is 5.10 Å². The van der Waals surface area contributed by atoms with Crippen molar-refractivity contribution in [2.45, 2.75) is 32.4 Å². The topological polar surface area (TPSA) is 64.7 Å². The van der Waals surface area contributed by atoms with E-state index in [9.17, 15) is 4.79 Å². The summed E-state index contributed by atoms with van der Waals surface area (Å²) in [6, 6.07) is -0.0752. The van der Waals surface area contributed by atoms with Crippen LogP contribution in [0.2, 0.25) is 5.02 Å². The Morgan fingerprint density at radius 3 is 2.90 bits per heavy atom. The number of hydrogen-bond donors (Lipinski definition) is 1. The summed E-state index contributed by atoms with van der Waals surface area (Å²) in [7, 11) is 1.94. The Hall–Kier alpha value is -1.82. The monoisotopic (exact) mass is 307 g/mol. The molecule has 0 aliphatic heterocycles. The third-order valence-corrected chi connectivity index (χ3v) is 4.10. The number of carbonyl (C=O) groups excluding carboxylic acids is 1. The maximum absolute atomic E-state index is 12.6. The average molecular weight is 308 g/mol. The van der Waals surface area contributed by atoms with E-state index in [0.717, 1.165) is 18.7 Å². The zero-order valence-electron chi connectivity index (χ0n) is 12.1. The van der Waals surface area contributed by atoms with Crippen molar-refractivity contribution < 1.29 is 4.79 Å². The van der Waals surface area contributed by atoms with Gasteiger partial charge in [-0.1, -0.05) is 11.6 Å². The maximum atomic E-state index is 12.6. The molecule has 2 aromatic heterocycles. The molecule has 3 rings (SSSR count). The molecule has 1 fully saturated rings. The highest BCUT2D eigenvalue weighted by Crippen LogP contribution is 2.40. The first-order valence-electron chi connectivity index (χ1n) is 7.11. The number of halogens is 1. The summed E-state index contributed by atoms with van der Waals surface area (Å²) in [4.78, 5) is 16.9. The number of imidazole rings is 1. The second-order valence-electron chi connectivity index (χ2n) is 5.34. The molecule has 1 aliphatic rings. The van der Waals surface area contributed by atoms with Crippen LogP contribution in [0.4, 0.5) is 0 Å². The first-order chi connectivity index (χ1) is 10.1. The van der Waals surface area contributed by atoms with Gasteiger partial charge in [0.15, 0.2) is 0 Å². The summed E-state index contributed by atoms with van der Waals surface area (Å²) < 4.78 is 3.56. The van der Waals surface area contributed by atoms with Crippen molar-refractivity contribution in [1.29, 1.82) is 0 Å². The van der Waals surface area contributed by atoms with Crippen molar-refractivity contribution in [3.05, 3.63) is 35.1 Å². The van der Waals surface area contributed by atoms with Gasteiger partial charge in [0, 0.05) is 26.0 Å². The lowest BCUT2D eigenvalue weighted by molar-refractivity contribution is 0.0918. The van der Waals surface area contributed by atoms with Crippen molar-refractivity contribution in [2.24, 2.45) is 13.0 Å². The molecular weight excluding hydrogens is 290 g/mol. The number of aryl methyl sites for hydroxylation is 2. The van der Waals surface area contributed by atoms with Crippen LogP contribution in [0, 0.1) is 5.92 Å². The second kappa shape index (κ2) is 5.52. The van der Waals surface area contributed by atoms with E-state index < -0.39 is 0 Å². The van der Waals surface area contributed by atoms with Gasteiger partial charge >= 0.3 is 0 Å². The summed E-state index contributed by atoms with van der Waals surface area (Å²) in [6.07, 6.45) is 7.37. The van der Waals surface area contributed by atoms with Gasteiger partial charge in [0.25, 0.3) is 5.91 Å². The van der Waals surface area contributed by atoms with Gasteiger partial charge in [-0.05, 0) is 25.7 Å². The number of hydrogen-bond acceptors (Lipinski definition) is 3. The zero-order chi connectivity index (χ0) is 15.0. The molecule has 2 heterocycles. The Morgan fingerprint density at radius 1 is 1.57 bits per heavy atom. The van der Waals surface area contributed by atoms with Gasteiger partial charge in [0.2, 0.25) is 0 Å². The van der Waals surface area contributed by atoms with Gasteiger partial charge in [0.1, 0.15) is 11.5 Å². The van der Waals surface area contributed by atoms with Crippen molar-refractivity contribution in [3.8, 4) is 0 Å². The quantitative estimate of drug-likeness (QED) is 0.920. The van der Waals surface area contributed by atoms with Crippen LogP contribution in [-0.4, -0.2) is 25.2 Å². The predicted molar refractivity (Wildman–Crippen MR) is 79.1 cm³/mol. The molecule has 1 atom stereocenters. The maximum Gasteiger partial charge on any atom is 0.271 e. The number of rotatable bonds is 5. The van der Waals surface area contributed by atoms with E-state index in [-0.39, 0.29) is 11.9 Å². The molecule has 21 heavy (non-hydrogen) atoms. The van der Waals surface area contributed by atoms with E-state index in [2.05, 4.69) is 15.4 Å². The van der Waals surface area contributed by atoms with Crippen LogP contribution in [0.3, 0.4) is 0 Å². The largest absolute Gasteiger partial charge is 0.340 e. The minimum Gasteiger partial charge on any atom is -0.340 e. The fourth-order valence-electron chi connectivity index (χ4n) is 2.54. The van der Waals surface area contributed by atoms with Crippen LogP contribution in [0.5, 0.6) is 0 Å². The highest BCUT2D eigenvalue weighted by molar-refractivity contribution is 6.33. The van der Waals surface area contributed by atoms with Crippen molar-refractivity contribution in [3.63, 3.8) is 0 Å². The zero-order valence-corrected chi connectivity index (χ0v) is 12.8. The van der Waals surface area contributed by atoms with Crippen LogP contribution >= 0.6 is 11.6 Å². The molecule has 7 heteroatoms. The van der Waals surface area contributed by atoms with Crippen LogP contribution in [0.1, 0.15) is 42.1 Å². The summed E-state index contributed by atoms with van der Waals surface area (Å²) in [6.45, 7) is 2.53. The van der Waals surface area contributed by atoms with Gasteiger partial charge in [-0.25, -0.2) is 4.98 Å². The fourth-order valence-corrected chi connectivity index (χ4v) is 2.76. The SMILES string of the molecule is CCn1ncc(Cl)c1C(=O)N[C@@H](c1nccn1C)C1CC1. The van der Waals surface area contributed by atoms with E-state index in [1.165, 1.54) is 6.20 Å². The fraction of sp³-hybridized carbons (Fsp3) is 0.500. The molecule has 0 aromatic carbocycles. The molecule has 1 aliphatic carbocycles. The molecule has 2 aromatic rings. The Morgan fingerprint density at radius 2 is 2.33 bits per heavy atom. The number of nitrogens with zero attached hydrogens (tertiary/aromatic N) is 4. The molecule has 1 saturated carbocycles. The Labute approximate surface area is 128 Å². The Balaban J connectivity index is 1.85. The Bertz CT molecular complexity index is 658. The van der Waals surface area contributed by atoms with Crippen molar-refractivity contribution >= 4 is 17.5 Å². The number of nitrogens with one attached hydrogen (secondary N) is 1. The summed E-state index contributed by atoms with van der Waals surface area (Å²) >= 11 is 6.09. The highest BCUT2D eigenvalue weighted by Gasteiger charge is 2.36. The third kappa shape index (κ3) is 2.68. The van der Waals surface area contributed by atoms with Crippen LogP contribution in [-0.2, 0) is 13.6 Å². The third-order valence-electron chi connectivity index (χ3n) is 3.83. The number of amides is 1. The lowest BCUT2D eigenvalue weighted by Gasteiger charge is -2.18. The van der Waals surface area contributed by atoms with Crippen LogP contribution < -0.4 is 5.32 Å². The molecule has 112 valence electrons. The molecule has 0 saturated heterocycles. The number of carbonyl (C=O) groups is 1. The average Bonchev–Trinajstić information content (AvgIpc) is 3.11. The van der Waals surface area contributed by atoms with E-state index in [1.54, 1.807) is 10.9 Å². The molecule has 0 bridgehead atoms. The molecule has 6 nitrogen and oxygen atoms in total. The summed E-state index contributed by atoms with van der Waals surface area (Å²) in [5.74, 6) is 1.13. The molecular formula is C14H18ClN5O. The van der Waals surface area contributed by atoms with E-state index in [0.29, 0.717) is 23.2 Å². The normalized spacial score (nSPS) is 16.0. The summed E-state index contributed by atoms with van der Waals surface area (Å²) in [5.41, 5.74) is 0.416. The lowest BCUT2D eigenvalue weighted by Crippen LogP contribution is -2.33. The lowest BCUT2D eigenvalue weighted by atomic mass is 10.1. The number of aromatic nitrogens is 4. The van der Waals surface area contributed by atoms with Crippen molar-refractivity contribution in [2.75, 3.05) is 0 Å². The minimum absolute atomic E-state index is 0.0752. The van der Waals surface area contributed by atoms with Crippen molar-refractivity contribution in [1.82, 2.24) is 24.6 Å². The van der Waals surface area contributed by atoms with E-state index in [4.69, 9.17) is 11.6 Å². The molecule has 1 amide bonds. The first-order valence-corrected chi connectivity index (χ1v) is 7.49. The highest BCUT2D eigenvalue weighted by atomic mass is 35.5. The predicted octanol–water partition coefficient (Wildman–Crippen LogP) is 2.17. The molecule has 1 N–H and O–H groups in total. The molecule has 0 spiro atoms. The Kier molecular flexibility index (Phi) is 3.71. The van der Waals surface area contributed by atoms with Gasteiger partial charge < -0.3 is 9.88 Å². The second-order valence-corrected chi connectivity index (χ2v) is 5.75. The first kappa shape index (κ1) is 14.1. The smallest absolute Gasteiger partial charge is 0.271 e. The standard InChI is InChI=1S/C14H18ClN5O/c1-3-20-12(10(15)8-17-20)14(21)18-11(9-4-5-9)13-16-6-7-19(13)2/h6-9,11H,3-5H2,1-2H3,(H,18,21)/t11-/m1/s1. The van der Waals surface area contributed by atoms with Gasteiger partial charge in [-0.15, -0.1) is 0 Å². The van der Waals surface area contributed by atoms with E-state index in [1.807, 2.05) is 24.7 Å². The molecule has 0 unspecified atom stereocenters. The minimum atomic E-state index is -0.195. The van der Waals surface area contributed by atoms with Crippen LogP contribution in [0.15, 0.2) is 18.6 Å². The van der Waals surface area contributed by atoms with Crippen LogP contribution in [0.25, 0.3) is 0 Å². The van der Waals surface area contributed by atoms with Gasteiger partial charge in [0.05, 0.1) is 17.3 Å². The van der Waals surface area contributed by atoms with E-state index >= 15 is 0 Å².